The van der Waals surface area contributed by atoms with Gasteiger partial charge in [0.15, 0.2) is 5.82 Å². The first kappa shape index (κ1) is 19.6. The van der Waals surface area contributed by atoms with Gasteiger partial charge >= 0.3 is 0 Å². The Morgan fingerprint density at radius 1 is 0.968 bits per heavy atom. The van der Waals surface area contributed by atoms with Gasteiger partial charge in [-0.3, -0.25) is 4.72 Å². The molecule has 1 aliphatic heterocycles. The first-order chi connectivity index (χ1) is 15.1. The van der Waals surface area contributed by atoms with Crippen molar-refractivity contribution in [2.75, 3.05) is 28.0 Å². The van der Waals surface area contributed by atoms with Gasteiger partial charge in [-0.25, -0.2) is 8.42 Å². The van der Waals surface area contributed by atoms with Gasteiger partial charge in [0.25, 0.3) is 10.0 Å². The monoisotopic (exact) mass is 453 g/mol. The number of rotatable bonds is 6. The Morgan fingerprint density at radius 2 is 1.74 bits per heavy atom. The Labute approximate surface area is 183 Å². The summed E-state index contributed by atoms with van der Waals surface area (Å²) < 4.78 is 36.5. The normalized spacial score (nSPS) is 14.1. The van der Waals surface area contributed by atoms with E-state index in [0.29, 0.717) is 22.5 Å². The summed E-state index contributed by atoms with van der Waals surface area (Å²) in [7, 11) is -3.79. The molecule has 0 amide bonds. The van der Waals surface area contributed by atoms with Gasteiger partial charge < -0.3 is 10.2 Å². The summed E-state index contributed by atoms with van der Waals surface area (Å²) in [4.78, 5) is 2.39. The quantitative estimate of drug-likeness (QED) is 0.455. The molecule has 31 heavy (non-hydrogen) atoms. The van der Waals surface area contributed by atoms with E-state index < -0.39 is 10.0 Å². The highest BCUT2D eigenvalue weighted by Gasteiger charge is 2.19. The predicted molar refractivity (Wildman–Crippen MR) is 121 cm³/mol. The molecule has 3 heterocycles. The van der Waals surface area contributed by atoms with E-state index in [2.05, 4.69) is 33.9 Å². The number of aromatic nitrogens is 4. The lowest BCUT2D eigenvalue weighted by Crippen LogP contribution is -2.18. The molecule has 158 valence electrons. The largest absolute Gasteiger partial charge is 0.370 e. The molecule has 0 saturated carbocycles. The van der Waals surface area contributed by atoms with Crippen LogP contribution in [0.4, 0.5) is 22.9 Å². The van der Waals surface area contributed by atoms with Gasteiger partial charge in [0, 0.05) is 30.5 Å². The van der Waals surface area contributed by atoms with E-state index >= 15 is 0 Å². The van der Waals surface area contributed by atoms with Crippen LogP contribution in [0.25, 0.3) is 11.0 Å². The summed E-state index contributed by atoms with van der Waals surface area (Å²) in [6.07, 6.45) is 4.15. The summed E-state index contributed by atoms with van der Waals surface area (Å²) in [5.74, 6) is 0.639. The molecule has 0 spiro atoms. The standard InChI is InChI=1S/C20H19N7O2S2/c28-31(29,18-5-3-4-17-20(18)25-30-24-17)26-15-8-6-14(7-9-15)22-19-12-16(13-21-23-19)27-10-1-2-11-27/h3-9,12-13,26H,1-2,10-11H2,(H,22,23). The number of fused-ring (bicyclic) bond motifs is 1. The molecule has 0 unspecified atom stereocenters. The van der Waals surface area contributed by atoms with Crippen LogP contribution in [0.1, 0.15) is 12.8 Å². The third-order valence-corrected chi connectivity index (χ3v) is 7.01. The van der Waals surface area contributed by atoms with Crippen molar-refractivity contribution >= 4 is 55.7 Å². The molecule has 4 aromatic rings. The molecule has 11 heteroatoms. The van der Waals surface area contributed by atoms with Crippen molar-refractivity contribution in [1.29, 1.82) is 0 Å². The third kappa shape index (κ3) is 4.14. The lowest BCUT2D eigenvalue weighted by atomic mass is 10.3. The highest BCUT2D eigenvalue weighted by atomic mass is 32.2. The summed E-state index contributed by atoms with van der Waals surface area (Å²) in [6.45, 7) is 2.06. The van der Waals surface area contributed by atoms with E-state index in [0.717, 1.165) is 36.2 Å². The number of anilines is 4. The van der Waals surface area contributed by atoms with Crippen molar-refractivity contribution in [1.82, 2.24) is 18.9 Å². The molecular formula is C20H19N7O2S2. The number of nitrogens with one attached hydrogen (secondary N) is 2. The third-order valence-electron chi connectivity index (χ3n) is 5.06. The molecule has 9 nitrogen and oxygen atoms in total. The zero-order chi connectivity index (χ0) is 21.3. The molecule has 1 fully saturated rings. The van der Waals surface area contributed by atoms with Crippen molar-refractivity contribution in [3.8, 4) is 0 Å². The van der Waals surface area contributed by atoms with Crippen LogP contribution in [0.5, 0.6) is 0 Å². The second-order valence-electron chi connectivity index (χ2n) is 7.19. The molecule has 2 aromatic heterocycles. The van der Waals surface area contributed by atoms with Crippen LogP contribution in [0.2, 0.25) is 0 Å². The van der Waals surface area contributed by atoms with E-state index in [1.165, 1.54) is 18.9 Å². The highest BCUT2D eigenvalue weighted by Crippen LogP contribution is 2.26. The Kier molecular flexibility index (Phi) is 5.12. The van der Waals surface area contributed by atoms with Gasteiger partial charge in [-0.05, 0) is 49.2 Å². The summed E-state index contributed by atoms with van der Waals surface area (Å²) in [5, 5.41) is 11.4. The smallest absolute Gasteiger partial charge is 0.264 e. The van der Waals surface area contributed by atoms with Crippen LogP contribution < -0.4 is 14.9 Å². The Bertz CT molecular complexity index is 1320. The number of sulfonamides is 1. The minimum absolute atomic E-state index is 0.106. The Hall–Kier alpha value is -3.31. The van der Waals surface area contributed by atoms with Crippen LogP contribution in [0.15, 0.2) is 59.6 Å². The molecule has 2 N–H and O–H groups in total. The minimum Gasteiger partial charge on any atom is -0.370 e. The Balaban J connectivity index is 1.31. The molecule has 1 aliphatic rings. The van der Waals surface area contributed by atoms with Crippen molar-refractivity contribution < 1.29 is 8.42 Å². The second kappa shape index (κ2) is 8.08. The topological polar surface area (TPSA) is 113 Å². The Morgan fingerprint density at radius 3 is 2.55 bits per heavy atom. The molecule has 0 bridgehead atoms. The van der Waals surface area contributed by atoms with Gasteiger partial charge in [-0.2, -0.15) is 13.8 Å². The van der Waals surface area contributed by atoms with Crippen LogP contribution in [0, 0.1) is 0 Å². The van der Waals surface area contributed by atoms with E-state index in [1.807, 2.05) is 6.07 Å². The SMILES string of the molecule is O=S(=O)(Nc1ccc(Nc2cc(N3CCCC3)cnn2)cc1)c1cccc2nsnc12. The molecule has 0 atom stereocenters. The van der Waals surface area contributed by atoms with Crippen LogP contribution in [-0.4, -0.2) is 40.5 Å². The van der Waals surface area contributed by atoms with Crippen molar-refractivity contribution in [3.05, 3.63) is 54.7 Å². The highest BCUT2D eigenvalue weighted by molar-refractivity contribution is 7.93. The summed E-state index contributed by atoms with van der Waals surface area (Å²) in [6, 6.07) is 13.8. The van der Waals surface area contributed by atoms with Gasteiger partial charge in [0.05, 0.1) is 23.6 Å². The number of benzene rings is 2. The van der Waals surface area contributed by atoms with Crippen LogP contribution in [-0.2, 0) is 10.0 Å². The van der Waals surface area contributed by atoms with Gasteiger partial charge in [-0.15, -0.1) is 5.10 Å². The molecule has 0 aliphatic carbocycles. The maximum Gasteiger partial charge on any atom is 0.264 e. The first-order valence-corrected chi connectivity index (χ1v) is 12.0. The molecular weight excluding hydrogens is 434 g/mol. The minimum atomic E-state index is -3.79. The fraction of sp³-hybridized carbons (Fsp3) is 0.200. The second-order valence-corrected chi connectivity index (χ2v) is 9.37. The maximum atomic E-state index is 12.8. The first-order valence-electron chi connectivity index (χ1n) is 9.77. The van der Waals surface area contributed by atoms with Gasteiger partial charge in [-0.1, -0.05) is 6.07 Å². The fourth-order valence-electron chi connectivity index (χ4n) is 3.54. The van der Waals surface area contributed by atoms with Crippen molar-refractivity contribution in [2.45, 2.75) is 17.7 Å². The number of hydrogen-bond acceptors (Lipinski definition) is 9. The van der Waals surface area contributed by atoms with Crippen molar-refractivity contribution in [2.24, 2.45) is 0 Å². The number of nitrogens with zero attached hydrogens (tertiary/aromatic N) is 5. The zero-order valence-corrected chi connectivity index (χ0v) is 18.0. The fourth-order valence-corrected chi connectivity index (χ4v) is 5.37. The molecule has 2 aromatic carbocycles. The molecule has 0 radical (unpaired) electrons. The lowest BCUT2D eigenvalue weighted by molar-refractivity contribution is 0.602. The molecule has 1 saturated heterocycles. The van der Waals surface area contributed by atoms with Gasteiger partial charge in [0.2, 0.25) is 0 Å². The number of hydrogen-bond donors (Lipinski definition) is 2. The van der Waals surface area contributed by atoms with E-state index in [1.54, 1.807) is 42.6 Å². The predicted octanol–water partition coefficient (Wildman–Crippen LogP) is 3.63. The lowest BCUT2D eigenvalue weighted by Gasteiger charge is -2.17. The summed E-state index contributed by atoms with van der Waals surface area (Å²) >= 11 is 0.987. The van der Waals surface area contributed by atoms with E-state index in [-0.39, 0.29) is 4.90 Å². The van der Waals surface area contributed by atoms with E-state index in [9.17, 15) is 8.42 Å². The average molecular weight is 454 g/mol. The van der Waals surface area contributed by atoms with Gasteiger partial charge in [0.1, 0.15) is 15.9 Å². The van der Waals surface area contributed by atoms with Crippen molar-refractivity contribution in [3.63, 3.8) is 0 Å². The zero-order valence-electron chi connectivity index (χ0n) is 16.4. The average Bonchev–Trinajstić information content (AvgIpc) is 3.47. The van der Waals surface area contributed by atoms with Crippen LogP contribution in [0.3, 0.4) is 0 Å². The van der Waals surface area contributed by atoms with Crippen LogP contribution >= 0.6 is 11.7 Å². The summed E-state index contributed by atoms with van der Waals surface area (Å²) in [5.41, 5.74) is 3.20. The molecule has 5 rings (SSSR count). The van der Waals surface area contributed by atoms with E-state index in [4.69, 9.17) is 0 Å². The maximum absolute atomic E-state index is 12.8.